The van der Waals surface area contributed by atoms with Crippen molar-refractivity contribution in [3.63, 3.8) is 0 Å². The number of nitrogens with one attached hydrogen (secondary N) is 1. The third-order valence-electron chi connectivity index (χ3n) is 4.81. The lowest BCUT2D eigenvalue weighted by Gasteiger charge is -2.28. The van der Waals surface area contributed by atoms with Crippen LogP contribution in [0.5, 0.6) is 17.2 Å². The van der Waals surface area contributed by atoms with Gasteiger partial charge in [0.05, 0.1) is 10.6 Å². The van der Waals surface area contributed by atoms with E-state index in [-0.39, 0.29) is 12.5 Å². The van der Waals surface area contributed by atoms with E-state index in [9.17, 15) is 14.7 Å². The molecule has 34 heavy (non-hydrogen) atoms. The number of allylic oxidation sites excluding steroid dienone is 1. The maximum absolute atomic E-state index is 12.8. The van der Waals surface area contributed by atoms with Crippen molar-refractivity contribution in [2.45, 2.75) is 32.0 Å². The van der Waals surface area contributed by atoms with Crippen LogP contribution in [-0.4, -0.2) is 41.8 Å². The smallest absolute Gasteiger partial charge is 0.412 e. The molecule has 0 bridgehead atoms. The highest BCUT2D eigenvalue weighted by atomic mass is 79.9. The van der Waals surface area contributed by atoms with Gasteiger partial charge in [-0.05, 0) is 60.0 Å². The van der Waals surface area contributed by atoms with Crippen molar-refractivity contribution in [2.75, 3.05) is 18.7 Å². The van der Waals surface area contributed by atoms with Gasteiger partial charge in [0.1, 0.15) is 5.75 Å². The van der Waals surface area contributed by atoms with Gasteiger partial charge in [-0.2, -0.15) is 0 Å². The molecule has 0 aliphatic carbocycles. The zero-order chi connectivity index (χ0) is 24.7. The molecule has 2 aromatic rings. The number of benzene rings is 2. The Balaban J connectivity index is 1.85. The summed E-state index contributed by atoms with van der Waals surface area (Å²) in [5, 5.41) is 22.2. The summed E-state index contributed by atoms with van der Waals surface area (Å²) in [5.74, 6) is -0.0841. The van der Waals surface area contributed by atoms with Gasteiger partial charge in [0.2, 0.25) is 6.79 Å². The highest BCUT2D eigenvalue weighted by Gasteiger charge is 2.31. The predicted molar refractivity (Wildman–Crippen MR) is 130 cm³/mol. The monoisotopic (exact) mass is 599 g/mol. The molecule has 0 radical (unpaired) electrons. The number of carbonyl (C=O) groups is 2. The molecule has 182 valence electrons. The fraction of sp³-hybridized carbons (Fsp3) is 0.304. The molecule has 0 unspecified atom stereocenters. The molecule has 0 saturated heterocycles. The predicted octanol–water partition coefficient (Wildman–Crippen LogP) is 5.76. The molecular formula is C23H23Br2NO8. The molecule has 2 aromatic carbocycles. The highest BCUT2D eigenvalue weighted by Crippen LogP contribution is 2.40. The number of rotatable bonds is 10. The second-order valence-electron chi connectivity index (χ2n) is 7.16. The van der Waals surface area contributed by atoms with Crippen molar-refractivity contribution in [2.24, 2.45) is 0 Å². The summed E-state index contributed by atoms with van der Waals surface area (Å²) in [6, 6.07) is 8.23. The van der Waals surface area contributed by atoms with Crippen LogP contribution in [0.15, 0.2) is 51.4 Å². The summed E-state index contributed by atoms with van der Waals surface area (Å²) in [6.07, 6.45) is 0.788. The van der Waals surface area contributed by atoms with Crippen LogP contribution in [0.3, 0.4) is 0 Å². The van der Waals surface area contributed by atoms with Gasteiger partial charge in [0.15, 0.2) is 17.6 Å². The number of aromatic hydroxyl groups is 1. The summed E-state index contributed by atoms with van der Waals surface area (Å²) < 4.78 is 23.3. The second kappa shape index (κ2) is 12.1. The lowest BCUT2D eigenvalue weighted by atomic mass is 9.99. The first kappa shape index (κ1) is 25.9. The van der Waals surface area contributed by atoms with Crippen molar-refractivity contribution >= 4 is 49.6 Å². The SMILES string of the molecule is CCO[C@@H](CC/C=C/C(=O)O)[C@@H](OC(=O)Nc1ccc2c(c1)OCO2)c1cc(Br)cc(Br)c1O. The number of hydrogen-bond donors (Lipinski definition) is 3. The van der Waals surface area contributed by atoms with Crippen LogP contribution < -0.4 is 14.8 Å². The summed E-state index contributed by atoms with van der Waals surface area (Å²) in [4.78, 5) is 23.6. The third kappa shape index (κ3) is 6.87. The Labute approximate surface area is 212 Å². The first-order chi connectivity index (χ1) is 16.3. The average Bonchev–Trinajstić information content (AvgIpc) is 3.25. The first-order valence-electron chi connectivity index (χ1n) is 10.3. The minimum Gasteiger partial charge on any atom is -0.506 e. The zero-order valence-corrected chi connectivity index (χ0v) is 21.3. The minimum atomic E-state index is -1.06. The van der Waals surface area contributed by atoms with Crippen LogP contribution in [0.25, 0.3) is 0 Å². The number of phenolic OH excluding ortho intramolecular Hbond substituents is 1. The number of aliphatic carboxylic acids is 1. The number of carboxylic acid groups (broad SMARTS) is 1. The van der Waals surface area contributed by atoms with E-state index in [0.29, 0.717) is 51.1 Å². The Morgan fingerprint density at radius 1 is 1.21 bits per heavy atom. The number of phenols is 1. The van der Waals surface area contributed by atoms with Crippen molar-refractivity contribution in [1.29, 1.82) is 0 Å². The van der Waals surface area contributed by atoms with Crippen LogP contribution >= 0.6 is 31.9 Å². The van der Waals surface area contributed by atoms with Gasteiger partial charge in [-0.3, -0.25) is 5.32 Å². The highest BCUT2D eigenvalue weighted by molar-refractivity contribution is 9.11. The molecule has 3 rings (SSSR count). The van der Waals surface area contributed by atoms with Crippen LogP contribution in [-0.2, 0) is 14.3 Å². The molecule has 0 fully saturated rings. The summed E-state index contributed by atoms with van der Waals surface area (Å²) in [5.41, 5.74) is 0.757. The Morgan fingerprint density at radius 2 is 1.97 bits per heavy atom. The van der Waals surface area contributed by atoms with Crippen molar-refractivity contribution in [1.82, 2.24) is 0 Å². The van der Waals surface area contributed by atoms with Gasteiger partial charge in [-0.1, -0.05) is 22.0 Å². The van der Waals surface area contributed by atoms with Gasteiger partial charge in [-0.25, -0.2) is 9.59 Å². The number of hydrogen-bond acceptors (Lipinski definition) is 7. The number of carboxylic acids is 1. The van der Waals surface area contributed by atoms with E-state index in [1.165, 1.54) is 6.08 Å². The van der Waals surface area contributed by atoms with Gasteiger partial charge < -0.3 is 29.2 Å². The number of carbonyl (C=O) groups excluding carboxylic acids is 1. The second-order valence-corrected chi connectivity index (χ2v) is 8.93. The van der Waals surface area contributed by atoms with E-state index in [1.807, 2.05) is 0 Å². The quantitative estimate of drug-likeness (QED) is 0.294. The fourth-order valence-electron chi connectivity index (χ4n) is 3.36. The van der Waals surface area contributed by atoms with Crippen LogP contribution in [0, 0.1) is 0 Å². The van der Waals surface area contributed by atoms with Gasteiger partial charge in [0, 0.05) is 34.5 Å². The normalized spacial score (nSPS) is 14.1. The minimum absolute atomic E-state index is 0.102. The first-order valence-corrected chi connectivity index (χ1v) is 11.9. The average molecular weight is 601 g/mol. The number of ether oxygens (including phenoxy) is 4. The molecular weight excluding hydrogens is 578 g/mol. The van der Waals surface area contributed by atoms with Crippen LogP contribution in [0.4, 0.5) is 10.5 Å². The van der Waals surface area contributed by atoms with Gasteiger partial charge >= 0.3 is 12.1 Å². The summed E-state index contributed by atoms with van der Waals surface area (Å²) in [7, 11) is 0. The number of halogens is 2. The standard InChI is InChI=1S/C23H23Br2NO8/c1-2-31-18(5-3-4-6-20(27)28)22(15-9-13(24)10-16(25)21(15)29)34-23(30)26-14-7-8-17-19(11-14)33-12-32-17/h4,6-11,18,22,29H,2-3,5,12H2,1H3,(H,26,30)(H,27,28)/b6-4+/t18-,22-/m0/s1. The molecule has 11 heteroatoms. The van der Waals surface area contributed by atoms with E-state index in [2.05, 4.69) is 37.2 Å². The molecule has 9 nitrogen and oxygen atoms in total. The Hall–Kier alpha value is -2.76. The van der Waals surface area contributed by atoms with Crippen molar-refractivity contribution in [3.05, 3.63) is 57.0 Å². The van der Waals surface area contributed by atoms with Crippen LogP contribution in [0.2, 0.25) is 0 Å². The Morgan fingerprint density at radius 3 is 2.71 bits per heavy atom. The topological polar surface area (TPSA) is 124 Å². The summed E-state index contributed by atoms with van der Waals surface area (Å²) in [6.45, 7) is 2.21. The fourth-order valence-corrected chi connectivity index (χ4v) is 4.62. The van der Waals surface area contributed by atoms with E-state index in [1.54, 1.807) is 37.3 Å². The lowest BCUT2D eigenvalue weighted by Crippen LogP contribution is -2.29. The maximum atomic E-state index is 12.8. The Bertz CT molecular complexity index is 1080. The van der Waals surface area contributed by atoms with E-state index in [4.69, 9.17) is 24.1 Å². The molecule has 1 aliphatic rings. The zero-order valence-electron chi connectivity index (χ0n) is 18.1. The summed E-state index contributed by atoms with van der Waals surface area (Å²) >= 11 is 6.69. The van der Waals surface area contributed by atoms with Gasteiger partial charge in [0.25, 0.3) is 0 Å². The van der Waals surface area contributed by atoms with Crippen LogP contribution in [0.1, 0.15) is 31.4 Å². The molecule has 1 aliphatic heterocycles. The van der Waals surface area contributed by atoms with Crippen molar-refractivity contribution < 1.29 is 38.7 Å². The Kier molecular flexibility index (Phi) is 9.20. The largest absolute Gasteiger partial charge is 0.506 e. The van der Waals surface area contributed by atoms with E-state index in [0.717, 1.165) is 6.08 Å². The number of fused-ring (bicyclic) bond motifs is 1. The molecule has 3 N–H and O–H groups in total. The molecule has 1 amide bonds. The lowest BCUT2D eigenvalue weighted by molar-refractivity contribution is -0.131. The third-order valence-corrected chi connectivity index (χ3v) is 5.88. The van der Waals surface area contributed by atoms with E-state index < -0.39 is 24.3 Å². The number of anilines is 1. The maximum Gasteiger partial charge on any atom is 0.412 e. The molecule has 1 heterocycles. The van der Waals surface area contributed by atoms with E-state index >= 15 is 0 Å². The number of amides is 1. The molecule has 0 spiro atoms. The van der Waals surface area contributed by atoms with Crippen molar-refractivity contribution in [3.8, 4) is 17.2 Å². The molecule has 2 atom stereocenters. The van der Waals surface area contributed by atoms with Gasteiger partial charge in [-0.15, -0.1) is 0 Å². The molecule has 0 aromatic heterocycles. The molecule has 0 saturated carbocycles.